The number of carbonyl (C=O) groups is 1. The van der Waals surface area contributed by atoms with Gasteiger partial charge in [-0.3, -0.25) is 4.79 Å². The minimum atomic E-state index is -3.24. The molecular formula is C21H26N2O3S. The minimum absolute atomic E-state index is 0.00128. The van der Waals surface area contributed by atoms with Gasteiger partial charge in [-0.25, -0.2) is 8.42 Å². The van der Waals surface area contributed by atoms with Crippen molar-refractivity contribution in [1.29, 1.82) is 0 Å². The molecule has 144 valence electrons. The second kappa shape index (κ2) is 7.82. The smallest absolute Gasteiger partial charge is 0.230 e. The lowest BCUT2D eigenvalue weighted by atomic mass is 9.83. The van der Waals surface area contributed by atoms with Gasteiger partial charge in [-0.15, -0.1) is 0 Å². The summed E-state index contributed by atoms with van der Waals surface area (Å²) in [6.45, 7) is 3.91. The number of hydrogen-bond donors (Lipinski definition) is 1. The van der Waals surface area contributed by atoms with Crippen molar-refractivity contribution in [3.63, 3.8) is 0 Å². The predicted molar refractivity (Wildman–Crippen MR) is 106 cm³/mol. The summed E-state index contributed by atoms with van der Waals surface area (Å²) in [6, 6.07) is 14.8. The standard InChI is InChI=1S/C21H26N2O3S/c1-3-12-23-14-19(16-8-10-18(11-9-16)27(2,25)26)20(21(23)24)17-6-4-15(13-22)5-7-17/h4-11,19-20H,3,12-14,22H2,1-2H3. The van der Waals surface area contributed by atoms with E-state index < -0.39 is 9.84 Å². The van der Waals surface area contributed by atoms with Gasteiger partial charge in [0.15, 0.2) is 9.84 Å². The Morgan fingerprint density at radius 3 is 2.15 bits per heavy atom. The lowest BCUT2D eigenvalue weighted by molar-refractivity contribution is -0.129. The van der Waals surface area contributed by atoms with Crippen molar-refractivity contribution in [1.82, 2.24) is 4.90 Å². The van der Waals surface area contributed by atoms with Gasteiger partial charge in [0.2, 0.25) is 5.91 Å². The topological polar surface area (TPSA) is 80.5 Å². The predicted octanol–water partition coefficient (Wildman–Crippen LogP) is 2.67. The average molecular weight is 387 g/mol. The van der Waals surface area contributed by atoms with E-state index in [1.807, 2.05) is 41.3 Å². The molecule has 0 radical (unpaired) electrons. The molecule has 0 aliphatic carbocycles. The summed E-state index contributed by atoms with van der Waals surface area (Å²) >= 11 is 0. The molecular weight excluding hydrogens is 360 g/mol. The third-order valence-electron chi connectivity index (χ3n) is 5.20. The van der Waals surface area contributed by atoms with Gasteiger partial charge < -0.3 is 10.6 Å². The normalized spacial score (nSPS) is 20.3. The van der Waals surface area contributed by atoms with Crippen LogP contribution in [0.4, 0.5) is 0 Å². The first-order valence-corrected chi connectivity index (χ1v) is 11.1. The number of nitrogens with zero attached hydrogens (tertiary/aromatic N) is 1. The van der Waals surface area contributed by atoms with E-state index in [1.54, 1.807) is 12.1 Å². The van der Waals surface area contributed by atoms with E-state index in [4.69, 9.17) is 5.73 Å². The molecule has 1 amide bonds. The monoisotopic (exact) mass is 386 g/mol. The highest BCUT2D eigenvalue weighted by molar-refractivity contribution is 7.90. The van der Waals surface area contributed by atoms with E-state index in [0.717, 1.165) is 29.7 Å². The molecule has 5 nitrogen and oxygen atoms in total. The van der Waals surface area contributed by atoms with Crippen LogP contribution in [0.1, 0.15) is 41.9 Å². The molecule has 0 aromatic heterocycles. The van der Waals surface area contributed by atoms with Crippen molar-refractivity contribution in [3.05, 3.63) is 65.2 Å². The van der Waals surface area contributed by atoms with Crippen molar-refractivity contribution < 1.29 is 13.2 Å². The lowest BCUT2D eigenvalue weighted by Crippen LogP contribution is -2.27. The number of hydrogen-bond acceptors (Lipinski definition) is 4. The van der Waals surface area contributed by atoms with Crippen LogP contribution in [0.15, 0.2) is 53.4 Å². The van der Waals surface area contributed by atoms with Gasteiger partial charge in [0.1, 0.15) is 0 Å². The van der Waals surface area contributed by atoms with Crippen LogP contribution < -0.4 is 5.73 Å². The first-order chi connectivity index (χ1) is 12.8. The fraction of sp³-hybridized carbons (Fsp3) is 0.381. The Morgan fingerprint density at radius 1 is 1.04 bits per heavy atom. The zero-order valence-electron chi connectivity index (χ0n) is 15.8. The summed E-state index contributed by atoms with van der Waals surface area (Å²) < 4.78 is 23.5. The Bertz CT molecular complexity index is 905. The molecule has 2 atom stereocenters. The summed E-state index contributed by atoms with van der Waals surface area (Å²) in [5.41, 5.74) is 8.68. The van der Waals surface area contributed by atoms with Crippen molar-refractivity contribution >= 4 is 15.7 Å². The second-order valence-corrected chi connectivity index (χ2v) is 9.17. The Labute approximate surface area is 161 Å². The van der Waals surface area contributed by atoms with Crippen LogP contribution in [0.3, 0.4) is 0 Å². The van der Waals surface area contributed by atoms with Crippen LogP contribution in [0, 0.1) is 0 Å². The zero-order valence-corrected chi connectivity index (χ0v) is 16.6. The molecule has 2 unspecified atom stereocenters. The van der Waals surface area contributed by atoms with E-state index >= 15 is 0 Å². The number of benzene rings is 2. The number of rotatable bonds is 6. The van der Waals surface area contributed by atoms with Gasteiger partial charge in [0.25, 0.3) is 0 Å². The summed E-state index contributed by atoms with van der Waals surface area (Å²) in [7, 11) is -3.24. The van der Waals surface area contributed by atoms with E-state index in [2.05, 4.69) is 6.92 Å². The van der Waals surface area contributed by atoms with Crippen molar-refractivity contribution in [2.24, 2.45) is 5.73 Å². The molecule has 2 N–H and O–H groups in total. The molecule has 1 aliphatic heterocycles. The van der Waals surface area contributed by atoms with Crippen LogP contribution in [-0.4, -0.2) is 38.6 Å². The molecule has 0 spiro atoms. The molecule has 27 heavy (non-hydrogen) atoms. The van der Waals surface area contributed by atoms with Crippen LogP contribution in [0.2, 0.25) is 0 Å². The highest BCUT2D eigenvalue weighted by atomic mass is 32.2. The molecule has 6 heteroatoms. The van der Waals surface area contributed by atoms with E-state index in [-0.39, 0.29) is 17.7 Å². The van der Waals surface area contributed by atoms with Gasteiger partial charge in [0.05, 0.1) is 10.8 Å². The summed E-state index contributed by atoms with van der Waals surface area (Å²) in [6.07, 6.45) is 2.11. The summed E-state index contributed by atoms with van der Waals surface area (Å²) in [5, 5.41) is 0. The molecule has 1 saturated heterocycles. The van der Waals surface area contributed by atoms with Crippen LogP contribution in [0.25, 0.3) is 0 Å². The quantitative estimate of drug-likeness (QED) is 0.828. The zero-order chi connectivity index (χ0) is 19.6. The maximum atomic E-state index is 13.1. The maximum Gasteiger partial charge on any atom is 0.230 e. The maximum absolute atomic E-state index is 13.1. The van der Waals surface area contributed by atoms with Gasteiger partial charge in [-0.1, -0.05) is 43.3 Å². The lowest BCUT2D eigenvalue weighted by Gasteiger charge is -2.18. The van der Waals surface area contributed by atoms with E-state index in [1.165, 1.54) is 6.26 Å². The van der Waals surface area contributed by atoms with Crippen molar-refractivity contribution in [2.45, 2.75) is 36.6 Å². The first-order valence-electron chi connectivity index (χ1n) is 9.23. The molecule has 1 aliphatic rings. The van der Waals surface area contributed by atoms with Crippen LogP contribution in [0.5, 0.6) is 0 Å². The molecule has 2 aromatic rings. The molecule has 0 saturated carbocycles. The number of nitrogens with two attached hydrogens (primary N) is 1. The summed E-state index contributed by atoms with van der Waals surface area (Å²) in [5.74, 6) is -0.122. The van der Waals surface area contributed by atoms with Crippen molar-refractivity contribution in [3.8, 4) is 0 Å². The van der Waals surface area contributed by atoms with Crippen LogP contribution in [-0.2, 0) is 21.2 Å². The SMILES string of the molecule is CCCN1CC(c2ccc(S(C)(=O)=O)cc2)C(c2ccc(CN)cc2)C1=O. The molecule has 3 rings (SSSR count). The van der Waals surface area contributed by atoms with Gasteiger partial charge in [-0.2, -0.15) is 0 Å². The summed E-state index contributed by atoms with van der Waals surface area (Å²) in [4.78, 5) is 15.3. The molecule has 1 fully saturated rings. The average Bonchev–Trinajstić information content (AvgIpc) is 2.98. The number of likely N-dealkylation sites (tertiary alicyclic amines) is 1. The van der Waals surface area contributed by atoms with Crippen LogP contribution >= 0.6 is 0 Å². The first kappa shape index (κ1) is 19.6. The number of amides is 1. The Morgan fingerprint density at radius 2 is 1.63 bits per heavy atom. The van der Waals surface area contributed by atoms with E-state index in [0.29, 0.717) is 18.0 Å². The van der Waals surface area contributed by atoms with Gasteiger partial charge in [0, 0.05) is 31.8 Å². The minimum Gasteiger partial charge on any atom is -0.342 e. The molecule has 1 heterocycles. The fourth-order valence-electron chi connectivity index (χ4n) is 3.77. The van der Waals surface area contributed by atoms with Gasteiger partial charge >= 0.3 is 0 Å². The largest absolute Gasteiger partial charge is 0.342 e. The van der Waals surface area contributed by atoms with E-state index in [9.17, 15) is 13.2 Å². The fourth-order valence-corrected chi connectivity index (χ4v) is 4.40. The third-order valence-corrected chi connectivity index (χ3v) is 6.33. The van der Waals surface area contributed by atoms with Crippen molar-refractivity contribution in [2.75, 3.05) is 19.3 Å². The number of carbonyl (C=O) groups excluding carboxylic acids is 1. The Kier molecular flexibility index (Phi) is 5.67. The molecule has 2 aromatic carbocycles. The number of sulfone groups is 1. The second-order valence-electron chi connectivity index (χ2n) is 7.16. The highest BCUT2D eigenvalue weighted by Crippen LogP contribution is 2.41. The Balaban J connectivity index is 1.97. The van der Waals surface area contributed by atoms with Gasteiger partial charge in [-0.05, 0) is 35.2 Å². The third kappa shape index (κ3) is 4.06. The Hall–Kier alpha value is -2.18. The molecule has 0 bridgehead atoms. The highest BCUT2D eigenvalue weighted by Gasteiger charge is 2.41.